The standard InChI is InChI=1S/C15H22ClNO/c1-2-17-15(10-13-6-7-18-11-13)9-12-4-3-5-14(16)8-12/h3-5,8,13,15,17H,2,6-7,9-11H2,1H3. The van der Waals surface area contributed by atoms with Crippen molar-refractivity contribution in [3.05, 3.63) is 34.9 Å². The van der Waals surface area contributed by atoms with Crippen molar-refractivity contribution in [2.75, 3.05) is 19.8 Å². The zero-order chi connectivity index (χ0) is 12.8. The van der Waals surface area contributed by atoms with E-state index < -0.39 is 0 Å². The second kappa shape index (κ2) is 7.13. The van der Waals surface area contributed by atoms with Crippen molar-refractivity contribution in [3.63, 3.8) is 0 Å². The number of benzene rings is 1. The van der Waals surface area contributed by atoms with E-state index in [1.807, 2.05) is 12.1 Å². The average molecular weight is 268 g/mol. The summed E-state index contributed by atoms with van der Waals surface area (Å²) in [6.45, 7) is 5.03. The van der Waals surface area contributed by atoms with Crippen molar-refractivity contribution >= 4 is 11.6 Å². The SMILES string of the molecule is CCNC(Cc1cccc(Cl)c1)CC1CCOC1. The third-order valence-corrected chi connectivity index (χ3v) is 3.74. The Morgan fingerprint density at radius 1 is 1.50 bits per heavy atom. The lowest BCUT2D eigenvalue weighted by atomic mass is 9.94. The van der Waals surface area contributed by atoms with Crippen LogP contribution in [0.2, 0.25) is 5.02 Å². The number of halogens is 1. The summed E-state index contributed by atoms with van der Waals surface area (Å²) >= 11 is 6.04. The Morgan fingerprint density at radius 2 is 2.39 bits per heavy atom. The first-order chi connectivity index (χ1) is 8.78. The van der Waals surface area contributed by atoms with Gasteiger partial charge < -0.3 is 10.1 Å². The van der Waals surface area contributed by atoms with Gasteiger partial charge in [-0.25, -0.2) is 0 Å². The molecule has 1 aromatic rings. The van der Waals surface area contributed by atoms with Gasteiger partial charge in [0.2, 0.25) is 0 Å². The number of nitrogens with one attached hydrogen (secondary N) is 1. The molecule has 1 saturated heterocycles. The van der Waals surface area contributed by atoms with Gasteiger partial charge in [-0.3, -0.25) is 0 Å². The van der Waals surface area contributed by atoms with Crippen molar-refractivity contribution < 1.29 is 4.74 Å². The largest absolute Gasteiger partial charge is 0.381 e. The molecule has 2 rings (SSSR count). The van der Waals surface area contributed by atoms with Crippen LogP contribution in [0, 0.1) is 5.92 Å². The smallest absolute Gasteiger partial charge is 0.0495 e. The molecule has 1 heterocycles. The molecule has 2 unspecified atom stereocenters. The monoisotopic (exact) mass is 267 g/mol. The Morgan fingerprint density at radius 3 is 3.06 bits per heavy atom. The Labute approximate surface area is 115 Å². The molecule has 0 spiro atoms. The minimum atomic E-state index is 0.528. The molecule has 1 fully saturated rings. The van der Waals surface area contributed by atoms with Gasteiger partial charge in [-0.05, 0) is 49.4 Å². The van der Waals surface area contributed by atoms with Crippen LogP contribution in [-0.2, 0) is 11.2 Å². The third kappa shape index (κ3) is 4.27. The summed E-state index contributed by atoms with van der Waals surface area (Å²) in [6, 6.07) is 8.70. The maximum absolute atomic E-state index is 6.04. The predicted octanol–water partition coefficient (Wildman–Crippen LogP) is 3.29. The van der Waals surface area contributed by atoms with Crippen molar-refractivity contribution in [3.8, 4) is 0 Å². The highest BCUT2D eigenvalue weighted by atomic mass is 35.5. The molecule has 1 aliphatic heterocycles. The van der Waals surface area contributed by atoms with E-state index in [0.717, 1.165) is 31.2 Å². The first kappa shape index (κ1) is 13.9. The fourth-order valence-electron chi connectivity index (χ4n) is 2.65. The van der Waals surface area contributed by atoms with E-state index in [4.69, 9.17) is 16.3 Å². The van der Waals surface area contributed by atoms with Crippen molar-refractivity contribution in [2.45, 2.75) is 32.2 Å². The number of hydrogen-bond donors (Lipinski definition) is 1. The summed E-state index contributed by atoms with van der Waals surface area (Å²) in [7, 11) is 0. The van der Waals surface area contributed by atoms with Gasteiger partial charge in [-0.2, -0.15) is 0 Å². The van der Waals surface area contributed by atoms with Gasteiger partial charge in [0.15, 0.2) is 0 Å². The molecule has 1 aliphatic rings. The minimum Gasteiger partial charge on any atom is -0.381 e. The molecule has 2 nitrogen and oxygen atoms in total. The van der Waals surface area contributed by atoms with Gasteiger partial charge in [-0.15, -0.1) is 0 Å². The lowest BCUT2D eigenvalue weighted by Crippen LogP contribution is -2.33. The van der Waals surface area contributed by atoms with Crippen LogP contribution in [-0.4, -0.2) is 25.8 Å². The van der Waals surface area contributed by atoms with E-state index in [0.29, 0.717) is 12.0 Å². The Kier molecular flexibility index (Phi) is 5.48. The lowest BCUT2D eigenvalue weighted by Gasteiger charge is -2.21. The molecule has 1 N–H and O–H groups in total. The Balaban J connectivity index is 1.92. The summed E-state index contributed by atoms with van der Waals surface area (Å²) in [6.07, 6.45) is 3.45. The van der Waals surface area contributed by atoms with Crippen LogP contribution in [0.25, 0.3) is 0 Å². The Hall–Kier alpha value is -0.570. The second-order valence-corrected chi connectivity index (χ2v) is 5.49. The summed E-state index contributed by atoms with van der Waals surface area (Å²) in [5, 5.41) is 4.40. The molecule has 0 aromatic heterocycles. The van der Waals surface area contributed by atoms with Crippen molar-refractivity contribution in [2.24, 2.45) is 5.92 Å². The highest BCUT2D eigenvalue weighted by molar-refractivity contribution is 6.30. The van der Waals surface area contributed by atoms with Crippen LogP contribution in [0.15, 0.2) is 24.3 Å². The minimum absolute atomic E-state index is 0.528. The molecule has 1 aromatic carbocycles. The van der Waals surface area contributed by atoms with Crippen LogP contribution in [0.4, 0.5) is 0 Å². The normalized spacial score (nSPS) is 21.1. The highest BCUT2D eigenvalue weighted by Crippen LogP contribution is 2.21. The van der Waals surface area contributed by atoms with Crippen LogP contribution < -0.4 is 5.32 Å². The van der Waals surface area contributed by atoms with Crippen molar-refractivity contribution in [1.82, 2.24) is 5.32 Å². The number of rotatable bonds is 6. The first-order valence-electron chi connectivity index (χ1n) is 6.83. The fourth-order valence-corrected chi connectivity index (χ4v) is 2.86. The van der Waals surface area contributed by atoms with E-state index in [2.05, 4.69) is 24.4 Å². The molecular formula is C15H22ClNO. The second-order valence-electron chi connectivity index (χ2n) is 5.05. The fraction of sp³-hybridized carbons (Fsp3) is 0.600. The van der Waals surface area contributed by atoms with Crippen LogP contribution in [0.1, 0.15) is 25.3 Å². The van der Waals surface area contributed by atoms with Gasteiger partial charge in [0, 0.05) is 24.3 Å². The van der Waals surface area contributed by atoms with Gasteiger partial charge in [0.25, 0.3) is 0 Å². The molecular weight excluding hydrogens is 246 g/mol. The van der Waals surface area contributed by atoms with Crippen LogP contribution in [0.5, 0.6) is 0 Å². The quantitative estimate of drug-likeness (QED) is 0.854. The topological polar surface area (TPSA) is 21.3 Å². The van der Waals surface area contributed by atoms with E-state index in [9.17, 15) is 0 Å². The lowest BCUT2D eigenvalue weighted by molar-refractivity contribution is 0.181. The maximum atomic E-state index is 6.04. The maximum Gasteiger partial charge on any atom is 0.0495 e. The Bertz CT molecular complexity index is 363. The molecule has 0 saturated carbocycles. The highest BCUT2D eigenvalue weighted by Gasteiger charge is 2.20. The molecule has 0 bridgehead atoms. The zero-order valence-corrected chi connectivity index (χ0v) is 11.7. The number of hydrogen-bond acceptors (Lipinski definition) is 2. The van der Waals surface area contributed by atoms with Gasteiger partial charge in [0.05, 0.1) is 0 Å². The predicted molar refractivity (Wildman–Crippen MR) is 76.2 cm³/mol. The summed E-state index contributed by atoms with van der Waals surface area (Å²) < 4.78 is 5.46. The molecule has 3 heteroatoms. The van der Waals surface area contributed by atoms with Gasteiger partial charge in [-0.1, -0.05) is 30.7 Å². The number of likely N-dealkylation sites (N-methyl/N-ethyl adjacent to an activating group) is 1. The third-order valence-electron chi connectivity index (χ3n) is 3.51. The molecule has 0 amide bonds. The molecule has 2 atom stereocenters. The van der Waals surface area contributed by atoms with E-state index in [1.165, 1.54) is 18.4 Å². The zero-order valence-electron chi connectivity index (χ0n) is 11.0. The molecule has 18 heavy (non-hydrogen) atoms. The van der Waals surface area contributed by atoms with E-state index in [1.54, 1.807) is 0 Å². The summed E-state index contributed by atoms with van der Waals surface area (Å²) in [5.74, 6) is 0.716. The van der Waals surface area contributed by atoms with Crippen molar-refractivity contribution in [1.29, 1.82) is 0 Å². The van der Waals surface area contributed by atoms with Crippen LogP contribution >= 0.6 is 11.6 Å². The van der Waals surface area contributed by atoms with E-state index >= 15 is 0 Å². The number of ether oxygens (including phenoxy) is 1. The molecule has 0 radical (unpaired) electrons. The summed E-state index contributed by atoms with van der Waals surface area (Å²) in [5.41, 5.74) is 1.31. The molecule has 0 aliphatic carbocycles. The molecule has 100 valence electrons. The average Bonchev–Trinajstić information content (AvgIpc) is 2.82. The van der Waals surface area contributed by atoms with Gasteiger partial charge in [0.1, 0.15) is 0 Å². The summed E-state index contributed by atoms with van der Waals surface area (Å²) in [4.78, 5) is 0. The van der Waals surface area contributed by atoms with E-state index in [-0.39, 0.29) is 0 Å². The first-order valence-corrected chi connectivity index (χ1v) is 7.21. The van der Waals surface area contributed by atoms with Crippen LogP contribution in [0.3, 0.4) is 0 Å². The van der Waals surface area contributed by atoms with Gasteiger partial charge >= 0.3 is 0 Å².